The van der Waals surface area contributed by atoms with E-state index in [1.165, 1.54) is 35.2 Å². The van der Waals surface area contributed by atoms with Gasteiger partial charge in [-0.3, -0.25) is 0 Å². The van der Waals surface area contributed by atoms with Crippen LogP contribution < -0.4 is 14.2 Å². The van der Waals surface area contributed by atoms with Crippen molar-refractivity contribution in [1.29, 1.82) is 0 Å². The van der Waals surface area contributed by atoms with E-state index < -0.39 is 20.7 Å². The summed E-state index contributed by atoms with van der Waals surface area (Å²) in [6.07, 6.45) is -0.234. The second kappa shape index (κ2) is 6.11. The highest BCUT2D eigenvalue weighted by molar-refractivity contribution is 7.92. The molecule has 1 unspecified atom stereocenters. The second-order valence-corrected chi connectivity index (χ2v) is 7.82. The number of benzene rings is 1. The first-order valence-corrected chi connectivity index (χ1v) is 8.16. The van der Waals surface area contributed by atoms with Crippen molar-refractivity contribution in [2.75, 3.05) is 27.6 Å². The highest BCUT2D eigenvalue weighted by Crippen LogP contribution is 2.44. The zero-order valence-corrected chi connectivity index (χ0v) is 13.9. The first-order valence-electron chi connectivity index (χ1n) is 6.27. The average molecular weight is 318 g/mol. The lowest BCUT2D eigenvalue weighted by atomic mass is 9.96. The number of ether oxygens (including phenoxy) is 3. The Labute approximate surface area is 125 Å². The maximum Gasteiger partial charge on any atom is 0.155 e. The molecule has 0 fully saturated rings. The van der Waals surface area contributed by atoms with Gasteiger partial charge in [0.25, 0.3) is 0 Å². The van der Waals surface area contributed by atoms with Crippen LogP contribution in [-0.4, -0.2) is 45.9 Å². The molecule has 0 radical (unpaired) electrons. The minimum atomic E-state index is -3.51. The molecule has 0 bridgehead atoms. The van der Waals surface area contributed by atoms with E-state index in [2.05, 4.69) is 0 Å². The zero-order chi connectivity index (χ0) is 16.4. The maximum atomic E-state index is 11.9. The number of methoxy groups -OCH3 is 3. The van der Waals surface area contributed by atoms with Crippen molar-refractivity contribution in [2.45, 2.75) is 24.7 Å². The van der Waals surface area contributed by atoms with Gasteiger partial charge in [0.15, 0.2) is 9.84 Å². The Hall–Kier alpha value is -1.47. The molecule has 7 heteroatoms. The van der Waals surface area contributed by atoms with Gasteiger partial charge in [-0.05, 0) is 13.8 Å². The van der Waals surface area contributed by atoms with Crippen LogP contribution in [0.25, 0.3) is 0 Å². The van der Waals surface area contributed by atoms with Gasteiger partial charge < -0.3 is 19.3 Å². The van der Waals surface area contributed by atoms with E-state index >= 15 is 0 Å². The van der Waals surface area contributed by atoms with Crippen molar-refractivity contribution in [1.82, 2.24) is 0 Å². The van der Waals surface area contributed by atoms with E-state index in [0.29, 0.717) is 17.2 Å². The van der Waals surface area contributed by atoms with Gasteiger partial charge in [0, 0.05) is 18.4 Å². The number of aliphatic hydroxyl groups excluding tert-OH is 1. The van der Waals surface area contributed by atoms with Crippen molar-refractivity contribution < 1.29 is 27.7 Å². The summed E-state index contributed by atoms with van der Waals surface area (Å²) in [7, 11) is 0.840. The summed E-state index contributed by atoms with van der Waals surface area (Å²) in [5.74, 6) is 1.09. The smallest absolute Gasteiger partial charge is 0.155 e. The largest absolute Gasteiger partial charge is 0.496 e. The molecule has 1 atom stereocenters. The third-order valence-electron chi connectivity index (χ3n) is 3.64. The van der Waals surface area contributed by atoms with Crippen LogP contribution >= 0.6 is 0 Å². The molecule has 6 nitrogen and oxygen atoms in total. The SMILES string of the molecule is COc1cc(OC)c(C(O)C(C)(C)S(C)(=O)=O)c(OC)c1. The minimum Gasteiger partial charge on any atom is -0.496 e. The first kappa shape index (κ1) is 17.6. The number of hydrogen-bond acceptors (Lipinski definition) is 6. The fraction of sp³-hybridized carbons (Fsp3) is 0.571. The fourth-order valence-corrected chi connectivity index (χ4v) is 2.38. The molecule has 0 aliphatic carbocycles. The summed E-state index contributed by atoms with van der Waals surface area (Å²) in [6, 6.07) is 3.14. The van der Waals surface area contributed by atoms with E-state index in [9.17, 15) is 13.5 Å². The molecule has 0 amide bonds. The Morgan fingerprint density at radius 2 is 1.48 bits per heavy atom. The molecule has 0 spiro atoms. The lowest BCUT2D eigenvalue weighted by molar-refractivity contribution is 0.132. The van der Waals surface area contributed by atoms with Gasteiger partial charge in [-0.1, -0.05) is 0 Å². The Bertz CT molecular complexity index is 581. The third-order valence-corrected chi connectivity index (χ3v) is 5.78. The summed E-state index contributed by atoms with van der Waals surface area (Å²) < 4.78 is 38.1. The normalized spacial score (nSPS) is 13.7. The summed E-state index contributed by atoms with van der Waals surface area (Å²) in [5, 5.41) is 10.6. The number of rotatable bonds is 6. The van der Waals surface area contributed by atoms with Gasteiger partial charge in [-0.15, -0.1) is 0 Å². The van der Waals surface area contributed by atoms with Gasteiger partial charge in [0.1, 0.15) is 23.4 Å². The molecule has 120 valence electrons. The summed E-state index contributed by atoms with van der Waals surface area (Å²) >= 11 is 0. The lowest BCUT2D eigenvalue weighted by Gasteiger charge is -2.30. The average Bonchev–Trinajstić information content (AvgIpc) is 2.43. The van der Waals surface area contributed by atoms with Crippen molar-refractivity contribution in [3.05, 3.63) is 17.7 Å². The molecule has 1 rings (SSSR count). The van der Waals surface area contributed by atoms with E-state index in [0.717, 1.165) is 6.26 Å². The lowest BCUT2D eigenvalue weighted by Crippen LogP contribution is -2.38. The van der Waals surface area contributed by atoms with Crippen LogP contribution in [0, 0.1) is 0 Å². The molecule has 0 heterocycles. The Kier molecular flexibility index (Phi) is 5.11. The topological polar surface area (TPSA) is 82.1 Å². The van der Waals surface area contributed by atoms with Crippen LogP contribution in [0.5, 0.6) is 17.2 Å². The Morgan fingerprint density at radius 1 is 1.05 bits per heavy atom. The molecule has 1 N–H and O–H groups in total. The molecular weight excluding hydrogens is 296 g/mol. The molecule has 1 aromatic rings. The number of hydrogen-bond donors (Lipinski definition) is 1. The highest BCUT2D eigenvalue weighted by atomic mass is 32.2. The van der Waals surface area contributed by atoms with E-state index in [1.807, 2.05) is 0 Å². The van der Waals surface area contributed by atoms with Gasteiger partial charge in [0.05, 0.1) is 31.6 Å². The minimum absolute atomic E-state index is 0.274. The fourth-order valence-electron chi connectivity index (χ4n) is 1.85. The molecule has 0 aliphatic rings. The maximum absolute atomic E-state index is 11.9. The Morgan fingerprint density at radius 3 is 1.76 bits per heavy atom. The standard InChI is InChI=1S/C14H22O6S/c1-14(2,21(6,16)17)13(15)12-10(19-4)7-9(18-3)8-11(12)20-5/h7-8,13,15H,1-6H3. The van der Waals surface area contributed by atoms with Gasteiger partial charge in [-0.25, -0.2) is 8.42 Å². The molecular formula is C14H22O6S. The van der Waals surface area contributed by atoms with Crippen molar-refractivity contribution >= 4 is 9.84 Å². The van der Waals surface area contributed by atoms with Crippen molar-refractivity contribution in [3.63, 3.8) is 0 Å². The molecule has 0 aromatic heterocycles. The van der Waals surface area contributed by atoms with Crippen LogP contribution in [0.1, 0.15) is 25.5 Å². The summed E-state index contributed by atoms with van der Waals surface area (Å²) in [4.78, 5) is 0. The van der Waals surface area contributed by atoms with Crippen LogP contribution in [0.3, 0.4) is 0 Å². The summed E-state index contributed by atoms with van der Waals surface area (Å²) in [5.41, 5.74) is 0.274. The molecule has 0 aliphatic heterocycles. The molecule has 0 saturated heterocycles. The molecule has 1 aromatic carbocycles. The van der Waals surface area contributed by atoms with E-state index in [4.69, 9.17) is 14.2 Å². The van der Waals surface area contributed by atoms with E-state index in [-0.39, 0.29) is 5.56 Å². The summed E-state index contributed by atoms with van der Waals surface area (Å²) in [6.45, 7) is 2.91. The number of aliphatic hydroxyl groups is 1. The second-order valence-electron chi connectivity index (χ2n) is 5.22. The quantitative estimate of drug-likeness (QED) is 0.857. The molecule has 21 heavy (non-hydrogen) atoms. The van der Waals surface area contributed by atoms with Crippen LogP contribution in [0.2, 0.25) is 0 Å². The molecule has 0 saturated carbocycles. The third kappa shape index (κ3) is 3.24. The van der Waals surface area contributed by atoms with E-state index in [1.54, 1.807) is 12.1 Å². The zero-order valence-electron chi connectivity index (χ0n) is 13.1. The first-order chi connectivity index (χ1) is 9.60. The van der Waals surface area contributed by atoms with Gasteiger partial charge >= 0.3 is 0 Å². The predicted molar refractivity (Wildman–Crippen MR) is 80.0 cm³/mol. The van der Waals surface area contributed by atoms with Crippen LogP contribution in [0.4, 0.5) is 0 Å². The Balaban J connectivity index is 3.55. The van der Waals surface area contributed by atoms with Crippen molar-refractivity contribution in [3.8, 4) is 17.2 Å². The van der Waals surface area contributed by atoms with Crippen LogP contribution in [-0.2, 0) is 9.84 Å². The number of sulfone groups is 1. The van der Waals surface area contributed by atoms with Crippen molar-refractivity contribution in [2.24, 2.45) is 0 Å². The predicted octanol–water partition coefficient (Wildman–Crippen LogP) is 1.57. The van der Waals surface area contributed by atoms with Gasteiger partial charge in [0.2, 0.25) is 0 Å². The highest BCUT2D eigenvalue weighted by Gasteiger charge is 2.41. The monoisotopic (exact) mass is 318 g/mol. The van der Waals surface area contributed by atoms with Gasteiger partial charge in [-0.2, -0.15) is 0 Å². The van der Waals surface area contributed by atoms with Crippen LogP contribution in [0.15, 0.2) is 12.1 Å².